The molecule has 1 fully saturated rings. The molecule has 0 radical (unpaired) electrons. The second-order valence-corrected chi connectivity index (χ2v) is 10.5. The molecule has 0 atom stereocenters. The van der Waals surface area contributed by atoms with Crippen molar-refractivity contribution in [2.45, 2.75) is 12.5 Å². The summed E-state index contributed by atoms with van der Waals surface area (Å²) in [7, 11) is 3.21. The molecule has 46 heavy (non-hydrogen) atoms. The molecule has 0 saturated carbocycles. The summed E-state index contributed by atoms with van der Waals surface area (Å²) >= 11 is 0.743. The Morgan fingerprint density at radius 1 is 1.04 bits per heavy atom. The molecular formula is C27H19F7N8O3S. The average molecular weight is 669 g/mol. The molecule has 0 bridgehead atoms. The first-order valence-corrected chi connectivity index (χ1v) is 13.8. The van der Waals surface area contributed by atoms with Gasteiger partial charge in [-0.3, -0.25) is 9.69 Å². The molecule has 19 heteroatoms. The Balaban J connectivity index is 1.33. The number of nitrogens with zero attached hydrogens (tertiary/aromatic N) is 7. The van der Waals surface area contributed by atoms with Gasteiger partial charge in [0.25, 0.3) is 0 Å². The number of anilines is 3. The number of benzene rings is 2. The zero-order chi connectivity index (χ0) is 33.4. The normalized spacial score (nSPS) is 14.6. The standard InChI is InChI=1S/C27H19F7N8O3S/c1-40(2)15-4-6-17(26(29,30)31)20(10-15)42-22(43)12-46-25(42)38-24(44)37-19-7-3-14(9-18(19)28)23-36-13-41(39-23)21-8-5-16(11-35-21)45-27(32,33)34/h3-11,13H,12H2,1-2H3,(H,37,44). The molecular weight excluding hydrogens is 649 g/mol. The summed E-state index contributed by atoms with van der Waals surface area (Å²) in [6, 6.07) is 7.78. The third kappa shape index (κ3) is 7.19. The lowest BCUT2D eigenvalue weighted by Crippen LogP contribution is -2.32. The number of carbonyl (C=O) groups is 2. The molecule has 240 valence electrons. The minimum Gasteiger partial charge on any atom is -0.404 e. The predicted octanol–water partition coefficient (Wildman–Crippen LogP) is 6.12. The highest BCUT2D eigenvalue weighted by molar-refractivity contribution is 8.15. The van der Waals surface area contributed by atoms with Gasteiger partial charge < -0.3 is 15.0 Å². The van der Waals surface area contributed by atoms with E-state index in [-0.39, 0.29) is 33.8 Å². The number of ether oxygens (including phenoxy) is 1. The first-order chi connectivity index (χ1) is 21.6. The van der Waals surface area contributed by atoms with E-state index in [4.69, 9.17) is 0 Å². The van der Waals surface area contributed by atoms with Crippen molar-refractivity contribution in [3.63, 3.8) is 0 Å². The topological polar surface area (TPSA) is 118 Å². The molecule has 0 unspecified atom stereocenters. The molecule has 3 heterocycles. The third-order valence-corrected chi connectivity index (χ3v) is 7.08. The van der Waals surface area contributed by atoms with Crippen LogP contribution in [0.5, 0.6) is 5.75 Å². The van der Waals surface area contributed by atoms with Gasteiger partial charge in [-0.1, -0.05) is 11.8 Å². The van der Waals surface area contributed by atoms with E-state index < -0.39 is 47.3 Å². The number of carbonyl (C=O) groups excluding carboxylic acids is 2. The van der Waals surface area contributed by atoms with E-state index in [0.717, 1.165) is 53.0 Å². The fraction of sp³-hybridized carbons (Fsp3) is 0.185. The van der Waals surface area contributed by atoms with Crippen molar-refractivity contribution in [1.82, 2.24) is 19.7 Å². The minimum absolute atomic E-state index is 0.00590. The van der Waals surface area contributed by atoms with E-state index in [1.54, 1.807) is 19.0 Å². The molecule has 5 rings (SSSR count). The Labute approximate surface area is 258 Å². The zero-order valence-corrected chi connectivity index (χ0v) is 24.2. The van der Waals surface area contributed by atoms with Crippen molar-refractivity contribution in [2.75, 3.05) is 35.0 Å². The zero-order valence-electron chi connectivity index (χ0n) is 23.4. The number of aliphatic imine (C=N–C) groups is 1. The maximum absolute atomic E-state index is 15.0. The lowest BCUT2D eigenvalue weighted by atomic mass is 10.1. The van der Waals surface area contributed by atoms with E-state index in [9.17, 15) is 40.3 Å². The van der Waals surface area contributed by atoms with Gasteiger partial charge in [-0.05, 0) is 48.5 Å². The molecule has 2 aromatic heterocycles. The molecule has 0 spiro atoms. The van der Waals surface area contributed by atoms with Crippen LogP contribution in [0, 0.1) is 5.82 Å². The van der Waals surface area contributed by atoms with Crippen molar-refractivity contribution < 1.29 is 45.1 Å². The Morgan fingerprint density at radius 3 is 2.43 bits per heavy atom. The fourth-order valence-electron chi connectivity index (χ4n) is 4.10. The van der Waals surface area contributed by atoms with Crippen LogP contribution in [-0.2, 0) is 11.0 Å². The lowest BCUT2D eigenvalue weighted by Gasteiger charge is -2.23. The molecule has 1 N–H and O–H groups in total. The van der Waals surface area contributed by atoms with Crippen LogP contribution in [0.3, 0.4) is 0 Å². The van der Waals surface area contributed by atoms with Gasteiger partial charge in [-0.2, -0.15) is 18.2 Å². The fourth-order valence-corrected chi connectivity index (χ4v) is 4.96. The SMILES string of the molecule is CN(C)c1ccc(C(F)(F)F)c(N2C(=O)CSC2=NC(=O)Nc2ccc(-c3ncn(-c4ccc(OC(F)(F)F)cn4)n3)cc2F)c1. The quantitative estimate of drug-likeness (QED) is 0.245. The monoisotopic (exact) mass is 668 g/mol. The van der Waals surface area contributed by atoms with Crippen LogP contribution in [0.4, 0.5) is 52.6 Å². The molecule has 2 aromatic carbocycles. The maximum atomic E-state index is 15.0. The summed E-state index contributed by atoms with van der Waals surface area (Å²) in [5.74, 6) is -2.41. The van der Waals surface area contributed by atoms with Gasteiger partial charge in [0.1, 0.15) is 17.9 Å². The number of amidine groups is 1. The van der Waals surface area contributed by atoms with Gasteiger partial charge in [0, 0.05) is 25.3 Å². The Morgan fingerprint density at radius 2 is 1.80 bits per heavy atom. The van der Waals surface area contributed by atoms with E-state index in [1.807, 2.05) is 0 Å². The molecule has 1 aliphatic heterocycles. The first kappa shape index (κ1) is 32.2. The number of aromatic nitrogens is 4. The highest BCUT2D eigenvalue weighted by atomic mass is 32.2. The lowest BCUT2D eigenvalue weighted by molar-refractivity contribution is -0.274. The van der Waals surface area contributed by atoms with Crippen LogP contribution >= 0.6 is 11.8 Å². The largest absolute Gasteiger partial charge is 0.573 e. The van der Waals surface area contributed by atoms with Crippen molar-refractivity contribution >= 4 is 45.9 Å². The molecule has 11 nitrogen and oxygen atoms in total. The van der Waals surface area contributed by atoms with Gasteiger partial charge >= 0.3 is 18.6 Å². The predicted molar refractivity (Wildman–Crippen MR) is 153 cm³/mol. The van der Waals surface area contributed by atoms with E-state index >= 15 is 0 Å². The van der Waals surface area contributed by atoms with Crippen molar-refractivity contribution in [2.24, 2.45) is 4.99 Å². The molecule has 1 aliphatic rings. The minimum atomic E-state index is -4.89. The summed E-state index contributed by atoms with van der Waals surface area (Å²) in [6.07, 6.45) is -7.68. The van der Waals surface area contributed by atoms with Crippen molar-refractivity contribution in [3.05, 3.63) is 72.4 Å². The highest BCUT2D eigenvalue weighted by Gasteiger charge is 2.40. The molecule has 4 aromatic rings. The van der Waals surface area contributed by atoms with Gasteiger partial charge in [0.15, 0.2) is 16.8 Å². The Kier molecular flexibility index (Phi) is 8.61. The summed E-state index contributed by atoms with van der Waals surface area (Å²) in [6.45, 7) is 0. The number of rotatable bonds is 6. The van der Waals surface area contributed by atoms with Crippen LogP contribution in [0.2, 0.25) is 0 Å². The third-order valence-electron chi connectivity index (χ3n) is 6.16. The molecule has 1 saturated heterocycles. The average Bonchev–Trinajstić information content (AvgIpc) is 3.60. The van der Waals surface area contributed by atoms with Crippen LogP contribution in [0.15, 0.2) is 66.0 Å². The summed E-state index contributed by atoms with van der Waals surface area (Å²) in [5, 5.41) is 5.99. The number of alkyl halides is 6. The van der Waals surface area contributed by atoms with E-state index in [1.165, 1.54) is 24.5 Å². The van der Waals surface area contributed by atoms with Crippen LogP contribution in [0.1, 0.15) is 5.56 Å². The van der Waals surface area contributed by atoms with Gasteiger partial charge in [0.2, 0.25) is 5.91 Å². The van der Waals surface area contributed by atoms with E-state index in [2.05, 4.69) is 30.1 Å². The number of urea groups is 1. The van der Waals surface area contributed by atoms with Crippen LogP contribution < -0.4 is 19.9 Å². The smallest absolute Gasteiger partial charge is 0.404 e. The van der Waals surface area contributed by atoms with Crippen LogP contribution in [0.25, 0.3) is 17.2 Å². The van der Waals surface area contributed by atoms with Crippen molar-refractivity contribution in [3.8, 4) is 23.0 Å². The highest BCUT2D eigenvalue weighted by Crippen LogP contribution is 2.41. The number of thioether (sulfide) groups is 1. The number of halogens is 7. The first-order valence-electron chi connectivity index (χ1n) is 12.8. The van der Waals surface area contributed by atoms with Gasteiger partial charge in [0.05, 0.1) is 28.9 Å². The Bertz CT molecular complexity index is 1830. The van der Waals surface area contributed by atoms with E-state index in [0.29, 0.717) is 10.6 Å². The van der Waals surface area contributed by atoms with Gasteiger partial charge in [-0.25, -0.2) is 23.8 Å². The molecule has 0 aliphatic carbocycles. The summed E-state index contributed by atoms with van der Waals surface area (Å²) in [5.41, 5.74) is -1.44. The second-order valence-electron chi connectivity index (χ2n) is 9.54. The number of hydrogen-bond donors (Lipinski definition) is 1. The number of amides is 3. The van der Waals surface area contributed by atoms with Gasteiger partial charge in [-0.15, -0.1) is 18.3 Å². The number of hydrogen-bond acceptors (Lipinski definition) is 8. The Hall–Kier alpha value is -5.20. The summed E-state index contributed by atoms with van der Waals surface area (Å²) < 4.78 is 98.4. The number of pyridine rings is 1. The number of nitrogens with one attached hydrogen (secondary N) is 1. The maximum Gasteiger partial charge on any atom is 0.573 e. The van der Waals surface area contributed by atoms with Crippen molar-refractivity contribution in [1.29, 1.82) is 0 Å². The summed E-state index contributed by atoms with van der Waals surface area (Å²) in [4.78, 5) is 39.2. The molecule has 3 amide bonds. The van der Waals surface area contributed by atoms with Crippen LogP contribution in [-0.4, -0.2) is 63.1 Å². The second kappa shape index (κ2) is 12.3.